The number of nitrogens with two attached hydrogens (primary N) is 1. The molecule has 0 unspecified atom stereocenters. The predicted octanol–water partition coefficient (Wildman–Crippen LogP) is 1.63. The van der Waals surface area contributed by atoms with Crippen LogP contribution in [-0.4, -0.2) is 15.9 Å². The van der Waals surface area contributed by atoms with Crippen molar-refractivity contribution in [1.82, 2.24) is 15.3 Å². The van der Waals surface area contributed by atoms with E-state index < -0.39 is 17.3 Å². The molecule has 0 bridgehead atoms. The van der Waals surface area contributed by atoms with Gasteiger partial charge in [-0.25, -0.2) is 20.2 Å². The van der Waals surface area contributed by atoms with E-state index in [1.54, 1.807) is 20.0 Å². The highest BCUT2D eigenvalue weighted by molar-refractivity contribution is 7.09. The lowest BCUT2D eigenvalue weighted by Crippen LogP contribution is -2.41. The minimum atomic E-state index is -0.789. The predicted molar refractivity (Wildman–Crippen MR) is 74.6 cm³/mol. The Kier molecular flexibility index (Phi) is 3.96. The fourth-order valence-corrected chi connectivity index (χ4v) is 2.37. The Morgan fingerprint density at radius 3 is 2.75 bits per heavy atom. The average Bonchev–Trinajstić information content (AvgIpc) is 2.93. The quantitative estimate of drug-likeness (QED) is 0.589. The van der Waals surface area contributed by atoms with Gasteiger partial charge in [0, 0.05) is 17.8 Å². The molecule has 1 amide bonds. The van der Waals surface area contributed by atoms with Gasteiger partial charge in [-0.1, -0.05) is 0 Å². The molecule has 0 radical (unpaired) electrons. The van der Waals surface area contributed by atoms with Crippen molar-refractivity contribution in [1.29, 1.82) is 0 Å². The lowest BCUT2D eigenvalue weighted by Gasteiger charge is -2.24. The Morgan fingerprint density at radius 2 is 2.15 bits per heavy atom. The first-order chi connectivity index (χ1) is 9.45. The molecule has 0 saturated heterocycles. The number of pyridine rings is 1. The third kappa shape index (κ3) is 2.75. The first-order valence-electron chi connectivity index (χ1n) is 5.79. The monoisotopic (exact) mass is 295 g/mol. The van der Waals surface area contributed by atoms with Crippen molar-refractivity contribution in [2.24, 2.45) is 5.84 Å². The van der Waals surface area contributed by atoms with E-state index in [1.807, 2.05) is 5.38 Å². The van der Waals surface area contributed by atoms with Crippen molar-refractivity contribution in [3.8, 4) is 0 Å². The molecule has 0 atom stereocenters. The minimum absolute atomic E-state index is 0.127. The van der Waals surface area contributed by atoms with E-state index in [-0.39, 0.29) is 11.4 Å². The molecule has 2 rings (SSSR count). The van der Waals surface area contributed by atoms with Gasteiger partial charge >= 0.3 is 0 Å². The molecule has 2 aromatic rings. The summed E-state index contributed by atoms with van der Waals surface area (Å²) in [6.45, 7) is 3.59. The van der Waals surface area contributed by atoms with Crippen LogP contribution < -0.4 is 16.6 Å². The second-order valence-corrected chi connectivity index (χ2v) is 5.48. The maximum absolute atomic E-state index is 14.0. The number of hydrazine groups is 1. The fourth-order valence-electron chi connectivity index (χ4n) is 1.66. The maximum atomic E-state index is 14.0. The molecule has 0 aliphatic heterocycles. The van der Waals surface area contributed by atoms with E-state index in [4.69, 9.17) is 5.84 Å². The Morgan fingerprint density at radius 1 is 1.40 bits per heavy atom. The van der Waals surface area contributed by atoms with Crippen molar-refractivity contribution >= 4 is 23.1 Å². The lowest BCUT2D eigenvalue weighted by atomic mass is 10.1. The highest BCUT2D eigenvalue weighted by atomic mass is 32.1. The molecule has 8 heteroatoms. The Balaban J connectivity index is 2.25. The molecule has 20 heavy (non-hydrogen) atoms. The third-order valence-electron chi connectivity index (χ3n) is 2.66. The highest BCUT2D eigenvalue weighted by Crippen LogP contribution is 2.23. The molecule has 0 aliphatic rings. The number of carbonyl (C=O) groups excluding carboxylic acids is 1. The molecular weight excluding hydrogens is 281 g/mol. The van der Waals surface area contributed by atoms with Crippen molar-refractivity contribution in [3.63, 3.8) is 0 Å². The van der Waals surface area contributed by atoms with Crippen LogP contribution in [0, 0.1) is 5.82 Å². The number of nitrogens with one attached hydrogen (secondary N) is 2. The van der Waals surface area contributed by atoms with Gasteiger partial charge in [0.2, 0.25) is 0 Å². The molecule has 0 fully saturated rings. The number of hydrogen-bond donors (Lipinski definition) is 3. The van der Waals surface area contributed by atoms with Crippen LogP contribution in [0.4, 0.5) is 10.2 Å². The van der Waals surface area contributed by atoms with Gasteiger partial charge in [0.1, 0.15) is 5.01 Å². The molecule has 6 nitrogen and oxygen atoms in total. The summed E-state index contributed by atoms with van der Waals surface area (Å²) in [5.41, 5.74) is 1.28. The summed E-state index contributed by atoms with van der Waals surface area (Å²) in [4.78, 5) is 20.0. The Labute approximate surface area is 119 Å². The van der Waals surface area contributed by atoms with Crippen LogP contribution in [-0.2, 0) is 5.54 Å². The number of nitrogen functional groups attached to an aromatic ring is 1. The van der Waals surface area contributed by atoms with Gasteiger partial charge in [0.15, 0.2) is 11.6 Å². The summed E-state index contributed by atoms with van der Waals surface area (Å²) in [6, 6.07) is 1.30. The lowest BCUT2D eigenvalue weighted by molar-refractivity contribution is 0.0907. The van der Waals surface area contributed by atoms with Gasteiger partial charge in [0.05, 0.1) is 11.1 Å². The van der Waals surface area contributed by atoms with Crippen LogP contribution in [0.25, 0.3) is 0 Å². The summed E-state index contributed by atoms with van der Waals surface area (Å²) in [5.74, 6) is 3.61. The smallest absolute Gasteiger partial charge is 0.255 e. The number of amides is 1. The van der Waals surface area contributed by atoms with Crippen molar-refractivity contribution in [2.45, 2.75) is 19.4 Å². The maximum Gasteiger partial charge on any atom is 0.255 e. The summed E-state index contributed by atoms with van der Waals surface area (Å²) < 4.78 is 14.0. The Bertz CT molecular complexity index is 614. The average molecular weight is 295 g/mol. The van der Waals surface area contributed by atoms with Gasteiger partial charge in [-0.05, 0) is 19.9 Å². The summed E-state index contributed by atoms with van der Waals surface area (Å²) in [7, 11) is 0. The van der Waals surface area contributed by atoms with E-state index in [0.29, 0.717) is 0 Å². The number of hydrogen-bond acceptors (Lipinski definition) is 6. The van der Waals surface area contributed by atoms with E-state index in [2.05, 4.69) is 20.7 Å². The summed E-state index contributed by atoms with van der Waals surface area (Å²) in [5, 5.41) is 5.29. The number of rotatable bonds is 4. The molecule has 0 saturated carbocycles. The number of carbonyl (C=O) groups is 1. The number of aromatic nitrogens is 2. The van der Waals surface area contributed by atoms with Crippen LogP contribution in [0.5, 0.6) is 0 Å². The van der Waals surface area contributed by atoms with E-state index >= 15 is 0 Å². The first-order valence-corrected chi connectivity index (χ1v) is 6.67. The molecule has 0 aromatic carbocycles. The first kappa shape index (κ1) is 14.4. The normalized spacial score (nSPS) is 11.2. The molecule has 0 spiro atoms. The molecular formula is C12H14FN5OS. The third-order valence-corrected chi connectivity index (χ3v) is 3.76. The molecule has 106 valence electrons. The second-order valence-electron chi connectivity index (χ2n) is 4.58. The van der Waals surface area contributed by atoms with Gasteiger partial charge in [0.25, 0.3) is 5.91 Å². The van der Waals surface area contributed by atoms with Crippen molar-refractivity contribution < 1.29 is 9.18 Å². The van der Waals surface area contributed by atoms with Gasteiger partial charge in [-0.3, -0.25) is 4.79 Å². The molecule has 0 aliphatic carbocycles. The topological polar surface area (TPSA) is 92.9 Å². The van der Waals surface area contributed by atoms with Crippen molar-refractivity contribution in [3.05, 3.63) is 40.2 Å². The molecule has 2 heterocycles. The van der Waals surface area contributed by atoms with Crippen LogP contribution in [0.3, 0.4) is 0 Å². The SMILES string of the molecule is CC(C)(NC(=O)c1ccnc(NN)c1F)c1nccs1. The zero-order valence-corrected chi connectivity index (χ0v) is 11.8. The number of anilines is 1. The largest absolute Gasteiger partial charge is 0.341 e. The number of thiazole rings is 1. The number of nitrogens with zero attached hydrogens (tertiary/aromatic N) is 2. The van der Waals surface area contributed by atoms with E-state index in [1.165, 1.54) is 23.6 Å². The zero-order valence-electron chi connectivity index (χ0n) is 11.0. The minimum Gasteiger partial charge on any atom is -0.341 e. The van der Waals surface area contributed by atoms with Gasteiger partial charge < -0.3 is 10.7 Å². The van der Waals surface area contributed by atoms with Crippen LogP contribution in [0.2, 0.25) is 0 Å². The molecule has 4 N–H and O–H groups in total. The summed E-state index contributed by atoms with van der Waals surface area (Å²) >= 11 is 1.41. The molecule has 2 aromatic heterocycles. The van der Waals surface area contributed by atoms with E-state index in [0.717, 1.165) is 5.01 Å². The highest BCUT2D eigenvalue weighted by Gasteiger charge is 2.27. The van der Waals surface area contributed by atoms with Crippen LogP contribution in [0.15, 0.2) is 23.8 Å². The Hall–Kier alpha value is -2.06. The zero-order chi connectivity index (χ0) is 14.8. The van der Waals surface area contributed by atoms with Crippen LogP contribution >= 0.6 is 11.3 Å². The summed E-state index contributed by atoms with van der Waals surface area (Å²) in [6.07, 6.45) is 2.96. The van der Waals surface area contributed by atoms with Crippen molar-refractivity contribution in [2.75, 3.05) is 5.43 Å². The van der Waals surface area contributed by atoms with Crippen LogP contribution in [0.1, 0.15) is 29.2 Å². The standard InChI is InChI=1S/C12H14FN5OS/c1-12(2,11-16-5-6-20-11)17-10(19)7-3-4-15-9(18-14)8(7)13/h3-6H,14H2,1-2H3,(H,15,18)(H,17,19). The van der Waals surface area contributed by atoms with Gasteiger partial charge in [-0.2, -0.15) is 0 Å². The fraction of sp³-hybridized carbons (Fsp3) is 0.250. The second kappa shape index (κ2) is 5.51. The van der Waals surface area contributed by atoms with Gasteiger partial charge in [-0.15, -0.1) is 11.3 Å². The van der Waals surface area contributed by atoms with E-state index in [9.17, 15) is 9.18 Å². The number of halogens is 1.